The van der Waals surface area contributed by atoms with E-state index in [1.54, 1.807) is 0 Å². The van der Waals surface area contributed by atoms with Crippen LogP contribution in [-0.2, 0) is 65.4 Å². The van der Waals surface area contributed by atoms with Crippen molar-refractivity contribution in [2.45, 2.75) is 420 Å². The Kier molecular flexibility index (Phi) is 67.1. The zero-order valence-electron chi connectivity index (χ0n) is 63.5. The molecule has 0 spiro atoms. The van der Waals surface area contributed by atoms with Crippen LogP contribution in [0.25, 0.3) is 0 Å². The average molecular weight is 1420 g/mol. The zero-order valence-corrected chi connectivity index (χ0v) is 65.3. The van der Waals surface area contributed by atoms with Crippen LogP contribution in [0, 0.1) is 17.8 Å². The highest BCUT2D eigenvalue weighted by molar-refractivity contribution is 7.47. The van der Waals surface area contributed by atoms with Crippen molar-refractivity contribution < 1.29 is 80.2 Å². The molecule has 0 aliphatic rings. The average Bonchev–Trinajstić information content (AvgIpc) is 2.41. The smallest absolute Gasteiger partial charge is 0.462 e. The number of aliphatic hydroxyl groups excluding tert-OH is 1. The molecule has 0 aliphatic carbocycles. The lowest BCUT2D eigenvalue weighted by Crippen LogP contribution is -2.30. The highest BCUT2D eigenvalue weighted by atomic mass is 31.2. The first kappa shape index (κ1) is 95.1. The standard InChI is InChI=1S/C78H152O17P2/c1-8-10-11-12-13-14-21-31-38-45-52-59-75(80)88-65-73(95-78(83)62-55-48-41-34-27-20-23-29-36-43-50-57-70(5)6)67-92-96(84,85)90-63-72(79)64-91-97(86,87)93-68-74(66-89-76(81)60-53-46-39-32-26-19-22-28-35-42-49-56-69(3)4)94-77(82)61-54-47-40-33-25-18-16-15-17-24-30-37-44-51-58-71(7)9-2/h69-74,79H,8-68H2,1-7H3,(H,84,85)(H,86,87)/t71?,72-,73+,74+/m0/s1. The Hall–Kier alpha value is -1.94. The van der Waals surface area contributed by atoms with E-state index in [0.29, 0.717) is 25.7 Å². The molecule has 3 N–H and O–H groups in total. The number of carbonyl (C=O) groups excluding carboxylic acids is 4. The molecule has 0 aromatic carbocycles. The van der Waals surface area contributed by atoms with Crippen LogP contribution in [0.3, 0.4) is 0 Å². The van der Waals surface area contributed by atoms with E-state index in [9.17, 15) is 43.2 Å². The molecule has 0 rings (SSSR count). The van der Waals surface area contributed by atoms with Crippen molar-refractivity contribution in [1.82, 2.24) is 0 Å². The fourth-order valence-electron chi connectivity index (χ4n) is 11.9. The summed E-state index contributed by atoms with van der Waals surface area (Å²) in [6, 6.07) is 0. The molecule has 0 saturated carbocycles. The van der Waals surface area contributed by atoms with Crippen LogP contribution in [0.1, 0.15) is 402 Å². The molecular weight excluding hydrogens is 1270 g/mol. The minimum atomic E-state index is -4.96. The molecule has 0 saturated heterocycles. The van der Waals surface area contributed by atoms with Crippen LogP contribution in [-0.4, -0.2) is 96.7 Å². The Morgan fingerprint density at radius 1 is 0.299 bits per heavy atom. The van der Waals surface area contributed by atoms with Crippen molar-refractivity contribution in [3.05, 3.63) is 0 Å². The van der Waals surface area contributed by atoms with Crippen molar-refractivity contribution >= 4 is 39.5 Å². The molecule has 0 bridgehead atoms. The van der Waals surface area contributed by atoms with Gasteiger partial charge in [-0.25, -0.2) is 9.13 Å². The molecular formula is C78H152O17P2. The number of hydrogen-bond acceptors (Lipinski definition) is 15. The molecule has 19 heteroatoms. The second kappa shape index (κ2) is 68.5. The number of rotatable bonds is 76. The van der Waals surface area contributed by atoms with E-state index < -0.39 is 97.5 Å². The van der Waals surface area contributed by atoms with E-state index in [1.807, 2.05) is 0 Å². The maximum Gasteiger partial charge on any atom is 0.472 e. The van der Waals surface area contributed by atoms with Gasteiger partial charge in [0.25, 0.3) is 0 Å². The summed E-state index contributed by atoms with van der Waals surface area (Å²) in [5.41, 5.74) is 0. The van der Waals surface area contributed by atoms with E-state index in [-0.39, 0.29) is 25.7 Å². The third-order valence-corrected chi connectivity index (χ3v) is 20.4. The van der Waals surface area contributed by atoms with Crippen LogP contribution >= 0.6 is 15.6 Å². The Morgan fingerprint density at radius 2 is 0.526 bits per heavy atom. The zero-order chi connectivity index (χ0) is 71.6. The quantitative estimate of drug-likeness (QED) is 0.0222. The molecule has 97 heavy (non-hydrogen) atoms. The number of phosphoric ester groups is 2. The molecule has 0 radical (unpaired) electrons. The molecule has 17 nitrogen and oxygen atoms in total. The molecule has 0 aromatic heterocycles. The summed E-state index contributed by atoms with van der Waals surface area (Å²) in [7, 11) is -9.92. The van der Waals surface area contributed by atoms with Crippen LogP contribution in [0.15, 0.2) is 0 Å². The first-order chi connectivity index (χ1) is 46.8. The van der Waals surface area contributed by atoms with Gasteiger partial charge in [-0.05, 0) is 43.4 Å². The van der Waals surface area contributed by atoms with Crippen LogP contribution < -0.4 is 0 Å². The van der Waals surface area contributed by atoms with Crippen LogP contribution in [0.4, 0.5) is 0 Å². The van der Waals surface area contributed by atoms with Gasteiger partial charge in [0.05, 0.1) is 26.4 Å². The van der Waals surface area contributed by atoms with Gasteiger partial charge in [0.1, 0.15) is 19.3 Å². The van der Waals surface area contributed by atoms with Gasteiger partial charge in [-0.3, -0.25) is 37.3 Å². The van der Waals surface area contributed by atoms with E-state index >= 15 is 0 Å². The van der Waals surface area contributed by atoms with Crippen molar-refractivity contribution in [1.29, 1.82) is 0 Å². The molecule has 3 unspecified atom stereocenters. The van der Waals surface area contributed by atoms with Gasteiger partial charge in [-0.1, -0.05) is 350 Å². The maximum absolute atomic E-state index is 13.1. The summed E-state index contributed by atoms with van der Waals surface area (Å²) in [6.45, 7) is 12.0. The number of unbranched alkanes of at least 4 members (excludes halogenated alkanes) is 43. The van der Waals surface area contributed by atoms with E-state index in [2.05, 4.69) is 48.5 Å². The fourth-order valence-corrected chi connectivity index (χ4v) is 13.5. The lowest BCUT2D eigenvalue weighted by Gasteiger charge is -2.21. The van der Waals surface area contributed by atoms with Gasteiger partial charge < -0.3 is 33.8 Å². The fraction of sp³-hybridized carbons (Fsp3) is 0.949. The first-order valence-corrected chi connectivity index (χ1v) is 43.4. The molecule has 6 atom stereocenters. The summed E-state index contributed by atoms with van der Waals surface area (Å²) in [5, 5.41) is 10.6. The number of esters is 4. The SMILES string of the molecule is CCCCCCCCCCCCCC(=O)OC[C@H](COP(=O)(O)OC[C@H](O)COP(=O)(O)OC[C@@H](COC(=O)CCCCCCCCCCCCCC(C)C)OC(=O)CCCCCCCCCCCCCCCCC(C)CC)OC(=O)CCCCCCCCCCCCCC(C)C. The third-order valence-electron chi connectivity index (χ3n) is 18.5. The van der Waals surface area contributed by atoms with Gasteiger partial charge in [0.15, 0.2) is 12.2 Å². The summed E-state index contributed by atoms with van der Waals surface area (Å²) in [5.74, 6) is 0.269. The number of carbonyl (C=O) groups is 4. The lowest BCUT2D eigenvalue weighted by atomic mass is 9.99. The van der Waals surface area contributed by atoms with Gasteiger partial charge in [-0.15, -0.1) is 0 Å². The molecule has 0 heterocycles. The van der Waals surface area contributed by atoms with Crippen LogP contribution in [0.2, 0.25) is 0 Å². The van der Waals surface area contributed by atoms with E-state index in [1.165, 1.54) is 212 Å². The number of hydrogen-bond donors (Lipinski definition) is 3. The minimum absolute atomic E-state index is 0.107. The Balaban J connectivity index is 5.26. The van der Waals surface area contributed by atoms with Crippen molar-refractivity contribution in [2.75, 3.05) is 39.6 Å². The van der Waals surface area contributed by atoms with Gasteiger partial charge in [0.2, 0.25) is 0 Å². The summed E-state index contributed by atoms with van der Waals surface area (Å²) >= 11 is 0. The van der Waals surface area contributed by atoms with Crippen molar-refractivity contribution in [3.8, 4) is 0 Å². The number of aliphatic hydroxyl groups is 1. The third kappa shape index (κ3) is 70.9. The highest BCUT2D eigenvalue weighted by Gasteiger charge is 2.30. The van der Waals surface area contributed by atoms with E-state index in [4.69, 9.17) is 37.0 Å². The molecule has 0 fully saturated rings. The largest absolute Gasteiger partial charge is 0.472 e. The normalized spacial score (nSPS) is 14.3. The number of phosphoric acid groups is 2. The summed E-state index contributed by atoms with van der Waals surface area (Å²) in [4.78, 5) is 72.9. The maximum atomic E-state index is 13.1. The number of ether oxygens (including phenoxy) is 4. The summed E-state index contributed by atoms with van der Waals surface area (Å²) < 4.78 is 68.6. The monoisotopic (exact) mass is 1420 g/mol. The molecule has 0 aliphatic heterocycles. The minimum Gasteiger partial charge on any atom is -0.462 e. The van der Waals surface area contributed by atoms with Gasteiger partial charge >= 0.3 is 39.5 Å². The Labute approximate surface area is 594 Å². The first-order valence-electron chi connectivity index (χ1n) is 40.4. The Bertz CT molecular complexity index is 1890. The van der Waals surface area contributed by atoms with Gasteiger partial charge in [0, 0.05) is 25.7 Å². The highest BCUT2D eigenvalue weighted by Crippen LogP contribution is 2.45. The lowest BCUT2D eigenvalue weighted by molar-refractivity contribution is -0.161. The topological polar surface area (TPSA) is 237 Å². The second-order valence-electron chi connectivity index (χ2n) is 29.3. The second-order valence-corrected chi connectivity index (χ2v) is 32.2. The van der Waals surface area contributed by atoms with Crippen molar-refractivity contribution in [2.24, 2.45) is 17.8 Å². The Morgan fingerprint density at radius 3 is 0.784 bits per heavy atom. The molecule has 0 amide bonds. The van der Waals surface area contributed by atoms with E-state index in [0.717, 1.165) is 108 Å². The predicted molar refractivity (Wildman–Crippen MR) is 395 cm³/mol. The van der Waals surface area contributed by atoms with Gasteiger partial charge in [-0.2, -0.15) is 0 Å². The predicted octanol–water partition coefficient (Wildman–Crippen LogP) is 23.0. The molecule has 576 valence electrons. The van der Waals surface area contributed by atoms with Crippen LogP contribution in [0.5, 0.6) is 0 Å². The molecule has 0 aromatic rings. The summed E-state index contributed by atoms with van der Waals surface area (Å²) in [6.07, 6.45) is 55.3. The van der Waals surface area contributed by atoms with Crippen molar-refractivity contribution in [3.63, 3.8) is 0 Å².